The zero-order chi connectivity index (χ0) is 15.6. The number of hydrogen-bond donors (Lipinski definition) is 1. The van der Waals surface area contributed by atoms with Crippen molar-refractivity contribution in [3.05, 3.63) is 18.0 Å². The molecule has 0 radical (unpaired) electrons. The quantitative estimate of drug-likeness (QED) is 0.843. The maximum Gasteiger partial charge on any atom is 0.270 e. The highest BCUT2D eigenvalue weighted by atomic mass is 32.2. The average molecular weight is 315 g/mol. The number of carbonyl (C=O) groups excluding carboxylic acids is 1. The molecule has 1 atom stereocenters. The first-order valence-corrected chi connectivity index (χ1v) is 8.42. The van der Waals surface area contributed by atoms with Gasteiger partial charge in [0, 0.05) is 38.9 Å². The van der Waals surface area contributed by atoms with Crippen LogP contribution in [-0.4, -0.2) is 50.6 Å². The normalized spacial score (nSPS) is 19.2. The highest BCUT2D eigenvalue weighted by Gasteiger charge is 2.29. The molecule has 1 unspecified atom stereocenters. The summed E-state index contributed by atoms with van der Waals surface area (Å²) >= 11 is 0. The van der Waals surface area contributed by atoms with Gasteiger partial charge in [-0.3, -0.25) is 4.79 Å². The van der Waals surface area contributed by atoms with E-state index in [9.17, 15) is 13.2 Å². The molecule has 0 aliphatic carbocycles. The van der Waals surface area contributed by atoms with E-state index >= 15 is 0 Å². The highest BCUT2D eigenvalue weighted by Crippen LogP contribution is 2.21. The molecule has 1 aromatic rings. The van der Waals surface area contributed by atoms with Crippen LogP contribution in [0.2, 0.25) is 0 Å². The fourth-order valence-electron chi connectivity index (χ4n) is 2.63. The molecule has 1 aliphatic heterocycles. The molecule has 1 aromatic heterocycles. The lowest BCUT2D eigenvalue weighted by atomic mass is 10.1. The number of hydrogen-bond acceptors (Lipinski definition) is 4. The van der Waals surface area contributed by atoms with Crippen molar-refractivity contribution in [1.29, 1.82) is 0 Å². The van der Waals surface area contributed by atoms with Gasteiger partial charge in [0.1, 0.15) is 10.6 Å². The monoisotopic (exact) mass is 315 g/mol. The third-order valence-corrected chi connectivity index (χ3v) is 4.62. The maximum absolute atomic E-state index is 12.5. The van der Waals surface area contributed by atoms with E-state index in [1.807, 2.05) is 6.92 Å². The molecule has 2 rings (SSSR count). The molecule has 2 heterocycles. The van der Waals surface area contributed by atoms with Gasteiger partial charge < -0.3 is 14.2 Å². The van der Waals surface area contributed by atoms with E-state index in [0.717, 1.165) is 6.42 Å². The van der Waals surface area contributed by atoms with Crippen LogP contribution in [0, 0.1) is 5.92 Å². The number of rotatable bonds is 5. The lowest BCUT2D eigenvalue weighted by molar-refractivity contribution is 0.0765. The van der Waals surface area contributed by atoms with Crippen molar-refractivity contribution in [2.24, 2.45) is 11.1 Å². The summed E-state index contributed by atoms with van der Waals surface area (Å²) < 4.78 is 29.6. The topological polar surface area (TPSA) is 94.6 Å². The number of nitrogens with zero attached hydrogens (tertiary/aromatic N) is 2. The lowest BCUT2D eigenvalue weighted by Crippen LogP contribution is -2.30. The van der Waals surface area contributed by atoms with Gasteiger partial charge in [-0.2, -0.15) is 0 Å². The predicted molar refractivity (Wildman–Crippen MR) is 77.4 cm³/mol. The Bertz CT molecular complexity index is 623. The molecule has 7 nitrogen and oxygen atoms in total. The molecule has 0 spiro atoms. The molecule has 1 saturated heterocycles. The minimum absolute atomic E-state index is 0.0275. The average Bonchev–Trinajstić information content (AvgIpc) is 3.03. The summed E-state index contributed by atoms with van der Waals surface area (Å²) in [5.74, 6) is 0.173. The van der Waals surface area contributed by atoms with Crippen LogP contribution in [-0.2, 0) is 21.3 Å². The van der Waals surface area contributed by atoms with Crippen molar-refractivity contribution in [2.45, 2.75) is 24.8 Å². The number of aromatic nitrogens is 1. The van der Waals surface area contributed by atoms with Crippen LogP contribution in [0.1, 0.15) is 23.8 Å². The van der Waals surface area contributed by atoms with Crippen molar-refractivity contribution in [2.75, 3.05) is 26.8 Å². The second-order valence-electron chi connectivity index (χ2n) is 5.25. The van der Waals surface area contributed by atoms with Crippen molar-refractivity contribution in [1.82, 2.24) is 9.47 Å². The standard InChI is InChI=1S/C13H21N3O4S/c1-3-15-8-11(21(14,18)19)6-12(15)13(17)16-5-4-10(7-16)9-20-2/h6,8,10H,3-5,7,9H2,1-2H3,(H2,14,18,19). The predicted octanol–water partition coefficient (Wildman–Crippen LogP) is 0.264. The number of methoxy groups -OCH3 is 1. The molecule has 1 fully saturated rings. The first-order chi connectivity index (χ1) is 9.86. The number of amides is 1. The zero-order valence-corrected chi connectivity index (χ0v) is 13.1. The van der Waals surface area contributed by atoms with Gasteiger partial charge in [-0.05, 0) is 19.4 Å². The molecule has 0 saturated carbocycles. The molecule has 118 valence electrons. The van der Waals surface area contributed by atoms with Crippen LogP contribution >= 0.6 is 0 Å². The Morgan fingerprint density at radius 3 is 2.81 bits per heavy atom. The number of carbonyl (C=O) groups is 1. The third kappa shape index (κ3) is 3.45. The van der Waals surface area contributed by atoms with Crippen LogP contribution < -0.4 is 5.14 Å². The van der Waals surface area contributed by atoms with Gasteiger partial charge in [0.05, 0.1) is 6.61 Å². The SMILES string of the molecule is CCn1cc(S(N)(=O)=O)cc1C(=O)N1CCC(COC)C1. The van der Waals surface area contributed by atoms with Gasteiger partial charge in [0.15, 0.2) is 0 Å². The molecular formula is C13H21N3O4S. The smallest absolute Gasteiger partial charge is 0.270 e. The van der Waals surface area contributed by atoms with Gasteiger partial charge in [0.2, 0.25) is 10.0 Å². The summed E-state index contributed by atoms with van der Waals surface area (Å²) in [6, 6.07) is 1.35. The Kier molecular flexibility index (Phi) is 4.70. The Morgan fingerprint density at radius 2 is 2.24 bits per heavy atom. The van der Waals surface area contributed by atoms with E-state index in [4.69, 9.17) is 9.88 Å². The van der Waals surface area contributed by atoms with Gasteiger partial charge in [-0.15, -0.1) is 0 Å². The van der Waals surface area contributed by atoms with E-state index in [0.29, 0.717) is 37.9 Å². The Hall–Kier alpha value is -1.38. The summed E-state index contributed by atoms with van der Waals surface area (Å²) in [6.45, 7) is 4.27. The summed E-state index contributed by atoms with van der Waals surface area (Å²) in [6.07, 6.45) is 2.31. The van der Waals surface area contributed by atoms with Crippen LogP contribution in [0.25, 0.3) is 0 Å². The van der Waals surface area contributed by atoms with E-state index in [1.165, 1.54) is 12.3 Å². The second-order valence-corrected chi connectivity index (χ2v) is 6.81. The number of primary sulfonamides is 1. The van der Waals surface area contributed by atoms with Crippen molar-refractivity contribution < 1.29 is 17.9 Å². The van der Waals surface area contributed by atoms with E-state index in [2.05, 4.69) is 0 Å². The van der Waals surface area contributed by atoms with Crippen LogP contribution in [0.15, 0.2) is 17.2 Å². The largest absolute Gasteiger partial charge is 0.384 e. The summed E-state index contributed by atoms with van der Waals surface area (Å²) in [4.78, 5) is 14.3. The number of nitrogens with two attached hydrogens (primary N) is 1. The van der Waals surface area contributed by atoms with Gasteiger partial charge >= 0.3 is 0 Å². The molecule has 1 aliphatic rings. The van der Waals surface area contributed by atoms with Crippen molar-refractivity contribution >= 4 is 15.9 Å². The third-order valence-electron chi connectivity index (χ3n) is 3.74. The number of likely N-dealkylation sites (tertiary alicyclic amines) is 1. The van der Waals surface area contributed by atoms with Gasteiger partial charge in [-0.1, -0.05) is 0 Å². The first kappa shape index (κ1) is 16.0. The van der Waals surface area contributed by atoms with Crippen LogP contribution in [0.4, 0.5) is 0 Å². The van der Waals surface area contributed by atoms with Gasteiger partial charge in [-0.25, -0.2) is 13.6 Å². The Labute approximate surface area is 124 Å². The van der Waals surface area contributed by atoms with Crippen molar-refractivity contribution in [3.8, 4) is 0 Å². The molecule has 0 bridgehead atoms. The maximum atomic E-state index is 12.5. The second kappa shape index (κ2) is 6.17. The molecule has 21 heavy (non-hydrogen) atoms. The minimum atomic E-state index is -3.80. The summed E-state index contributed by atoms with van der Waals surface area (Å²) in [5.41, 5.74) is 0.361. The Morgan fingerprint density at radius 1 is 1.52 bits per heavy atom. The molecule has 2 N–H and O–H groups in total. The number of aryl methyl sites for hydroxylation is 1. The Balaban J connectivity index is 2.22. The summed E-state index contributed by atoms with van der Waals surface area (Å²) in [5, 5.41) is 5.13. The van der Waals surface area contributed by atoms with E-state index < -0.39 is 10.0 Å². The summed E-state index contributed by atoms with van der Waals surface area (Å²) in [7, 11) is -2.16. The zero-order valence-electron chi connectivity index (χ0n) is 12.3. The fraction of sp³-hybridized carbons (Fsp3) is 0.615. The van der Waals surface area contributed by atoms with E-state index in [-0.39, 0.29) is 10.8 Å². The molecule has 1 amide bonds. The van der Waals surface area contributed by atoms with Crippen LogP contribution in [0.5, 0.6) is 0 Å². The fourth-order valence-corrected chi connectivity index (χ4v) is 3.18. The van der Waals surface area contributed by atoms with E-state index in [1.54, 1.807) is 16.6 Å². The molecule has 0 aromatic carbocycles. The van der Waals surface area contributed by atoms with Crippen LogP contribution in [0.3, 0.4) is 0 Å². The molecule has 8 heteroatoms. The van der Waals surface area contributed by atoms with Crippen molar-refractivity contribution in [3.63, 3.8) is 0 Å². The minimum Gasteiger partial charge on any atom is -0.384 e. The first-order valence-electron chi connectivity index (χ1n) is 6.88. The van der Waals surface area contributed by atoms with Gasteiger partial charge in [0.25, 0.3) is 5.91 Å². The highest BCUT2D eigenvalue weighted by molar-refractivity contribution is 7.89. The number of sulfonamides is 1. The molecular weight excluding hydrogens is 294 g/mol. The number of ether oxygens (including phenoxy) is 1. The lowest BCUT2D eigenvalue weighted by Gasteiger charge is -2.17.